The largest absolute Gasteiger partial charge is 0.399 e. The van der Waals surface area contributed by atoms with E-state index in [0.29, 0.717) is 24.4 Å². The number of carbonyl (C=O) groups is 1. The zero-order chi connectivity index (χ0) is 15.2. The van der Waals surface area contributed by atoms with Gasteiger partial charge in [0.05, 0.1) is 6.61 Å². The molecule has 0 aliphatic heterocycles. The summed E-state index contributed by atoms with van der Waals surface area (Å²) in [6, 6.07) is 13.2. The quantitative estimate of drug-likeness (QED) is 0.830. The highest BCUT2D eigenvalue weighted by Gasteiger charge is 2.08. The number of methoxy groups -OCH3 is 1. The van der Waals surface area contributed by atoms with E-state index in [1.165, 1.54) is 0 Å². The van der Waals surface area contributed by atoms with Crippen LogP contribution in [0.5, 0.6) is 0 Å². The summed E-state index contributed by atoms with van der Waals surface area (Å²) < 4.78 is 5.16. The van der Waals surface area contributed by atoms with Crippen molar-refractivity contribution in [3.63, 3.8) is 0 Å². The van der Waals surface area contributed by atoms with Gasteiger partial charge in [0.15, 0.2) is 0 Å². The Bertz CT molecular complexity index is 638. The molecule has 1 amide bonds. The van der Waals surface area contributed by atoms with Gasteiger partial charge in [0.25, 0.3) is 5.91 Å². The average Bonchev–Trinajstić information content (AvgIpc) is 2.49. The monoisotopic (exact) mass is 284 g/mol. The Morgan fingerprint density at radius 3 is 2.57 bits per heavy atom. The van der Waals surface area contributed by atoms with E-state index in [4.69, 9.17) is 10.5 Å². The van der Waals surface area contributed by atoms with Gasteiger partial charge in [-0.05, 0) is 41.8 Å². The molecule has 0 saturated carbocycles. The number of nitrogen functional groups attached to an aromatic ring is 1. The molecule has 0 aliphatic carbocycles. The van der Waals surface area contributed by atoms with Crippen LogP contribution in [0.15, 0.2) is 42.5 Å². The highest BCUT2D eigenvalue weighted by molar-refractivity contribution is 5.94. The SMILES string of the molecule is COCc1ccccc1CNC(=O)c1ccc(N)c(C)c1. The molecule has 0 aliphatic rings. The lowest BCUT2D eigenvalue weighted by atomic mass is 10.1. The van der Waals surface area contributed by atoms with Gasteiger partial charge in [-0.15, -0.1) is 0 Å². The fraction of sp³-hybridized carbons (Fsp3) is 0.235. The molecule has 0 bridgehead atoms. The van der Waals surface area contributed by atoms with Crippen LogP contribution < -0.4 is 11.1 Å². The Labute approximate surface area is 124 Å². The maximum absolute atomic E-state index is 12.2. The molecule has 0 heterocycles. The van der Waals surface area contributed by atoms with E-state index in [9.17, 15) is 4.79 Å². The Morgan fingerprint density at radius 1 is 1.19 bits per heavy atom. The van der Waals surface area contributed by atoms with Crippen LogP contribution in [-0.4, -0.2) is 13.0 Å². The predicted molar refractivity (Wildman–Crippen MR) is 83.9 cm³/mol. The number of rotatable bonds is 5. The number of hydrogen-bond donors (Lipinski definition) is 2. The molecule has 4 nitrogen and oxygen atoms in total. The molecule has 110 valence electrons. The number of carbonyl (C=O) groups excluding carboxylic acids is 1. The van der Waals surface area contributed by atoms with E-state index in [-0.39, 0.29) is 5.91 Å². The van der Waals surface area contributed by atoms with Crippen molar-refractivity contribution < 1.29 is 9.53 Å². The van der Waals surface area contributed by atoms with Crippen molar-refractivity contribution in [2.75, 3.05) is 12.8 Å². The van der Waals surface area contributed by atoms with Gasteiger partial charge >= 0.3 is 0 Å². The van der Waals surface area contributed by atoms with Crippen molar-refractivity contribution in [1.29, 1.82) is 0 Å². The van der Waals surface area contributed by atoms with E-state index in [1.54, 1.807) is 25.3 Å². The Kier molecular flexibility index (Phi) is 4.95. The maximum Gasteiger partial charge on any atom is 0.251 e. The van der Waals surface area contributed by atoms with E-state index < -0.39 is 0 Å². The third kappa shape index (κ3) is 3.83. The van der Waals surface area contributed by atoms with Gasteiger partial charge in [0, 0.05) is 24.9 Å². The molecule has 2 aromatic rings. The second-order valence-corrected chi connectivity index (χ2v) is 4.96. The molecule has 0 fully saturated rings. The topological polar surface area (TPSA) is 64.3 Å². The van der Waals surface area contributed by atoms with E-state index in [2.05, 4.69) is 5.32 Å². The molecular weight excluding hydrogens is 264 g/mol. The minimum atomic E-state index is -0.106. The Hall–Kier alpha value is -2.33. The fourth-order valence-electron chi connectivity index (χ4n) is 2.12. The first kappa shape index (κ1) is 15.1. The lowest BCUT2D eigenvalue weighted by molar-refractivity contribution is 0.0950. The van der Waals surface area contributed by atoms with Gasteiger partial charge in [-0.2, -0.15) is 0 Å². The summed E-state index contributed by atoms with van der Waals surface area (Å²) >= 11 is 0. The summed E-state index contributed by atoms with van der Waals surface area (Å²) in [6.45, 7) is 2.90. The number of benzene rings is 2. The molecule has 4 heteroatoms. The molecule has 3 N–H and O–H groups in total. The van der Waals surface area contributed by atoms with Crippen LogP contribution >= 0.6 is 0 Å². The first-order valence-corrected chi connectivity index (χ1v) is 6.82. The van der Waals surface area contributed by atoms with E-state index >= 15 is 0 Å². The minimum absolute atomic E-state index is 0.106. The zero-order valence-electron chi connectivity index (χ0n) is 12.3. The number of hydrogen-bond acceptors (Lipinski definition) is 3. The highest BCUT2D eigenvalue weighted by atomic mass is 16.5. The van der Waals surface area contributed by atoms with Crippen LogP contribution in [0.3, 0.4) is 0 Å². The van der Waals surface area contributed by atoms with Crippen LogP contribution in [0, 0.1) is 6.92 Å². The van der Waals surface area contributed by atoms with Crippen LogP contribution in [0.25, 0.3) is 0 Å². The molecule has 2 aromatic carbocycles. The molecule has 0 unspecified atom stereocenters. The van der Waals surface area contributed by atoms with Gasteiger partial charge in [-0.1, -0.05) is 24.3 Å². The molecule has 0 radical (unpaired) electrons. The van der Waals surface area contributed by atoms with Crippen LogP contribution in [0.4, 0.5) is 5.69 Å². The van der Waals surface area contributed by atoms with Gasteiger partial charge in [-0.3, -0.25) is 4.79 Å². The lowest BCUT2D eigenvalue weighted by Gasteiger charge is -2.11. The van der Waals surface area contributed by atoms with Crippen molar-refractivity contribution >= 4 is 11.6 Å². The number of ether oxygens (including phenoxy) is 1. The number of anilines is 1. The number of nitrogens with one attached hydrogen (secondary N) is 1. The van der Waals surface area contributed by atoms with Crippen LogP contribution in [-0.2, 0) is 17.9 Å². The summed E-state index contributed by atoms with van der Waals surface area (Å²) in [5.41, 5.74) is 10.1. The summed E-state index contributed by atoms with van der Waals surface area (Å²) in [5.74, 6) is -0.106. The third-order valence-electron chi connectivity index (χ3n) is 3.39. The molecule has 21 heavy (non-hydrogen) atoms. The van der Waals surface area contributed by atoms with Crippen molar-refractivity contribution in [3.05, 3.63) is 64.7 Å². The highest BCUT2D eigenvalue weighted by Crippen LogP contribution is 2.13. The normalized spacial score (nSPS) is 10.4. The van der Waals surface area contributed by atoms with E-state index in [0.717, 1.165) is 16.7 Å². The zero-order valence-corrected chi connectivity index (χ0v) is 12.3. The van der Waals surface area contributed by atoms with Crippen molar-refractivity contribution in [2.45, 2.75) is 20.1 Å². The summed E-state index contributed by atoms with van der Waals surface area (Å²) in [6.07, 6.45) is 0. The third-order valence-corrected chi connectivity index (χ3v) is 3.39. The number of amides is 1. The van der Waals surface area contributed by atoms with Gasteiger partial charge in [-0.25, -0.2) is 0 Å². The van der Waals surface area contributed by atoms with Gasteiger partial charge in [0.1, 0.15) is 0 Å². The number of nitrogens with two attached hydrogens (primary N) is 1. The first-order chi connectivity index (χ1) is 10.1. The minimum Gasteiger partial charge on any atom is -0.399 e. The predicted octanol–water partition coefficient (Wildman–Crippen LogP) is 2.65. The van der Waals surface area contributed by atoms with Crippen LogP contribution in [0.2, 0.25) is 0 Å². The van der Waals surface area contributed by atoms with Crippen molar-refractivity contribution in [2.24, 2.45) is 0 Å². The lowest BCUT2D eigenvalue weighted by Crippen LogP contribution is -2.23. The molecule has 2 rings (SSSR count). The average molecular weight is 284 g/mol. The molecule has 0 spiro atoms. The van der Waals surface area contributed by atoms with Crippen molar-refractivity contribution in [1.82, 2.24) is 5.32 Å². The van der Waals surface area contributed by atoms with E-state index in [1.807, 2.05) is 31.2 Å². The smallest absolute Gasteiger partial charge is 0.251 e. The molecule has 0 atom stereocenters. The number of aryl methyl sites for hydroxylation is 1. The standard InChI is InChI=1S/C17H20N2O2/c1-12-9-13(7-8-16(12)18)17(20)19-10-14-5-3-4-6-15(14)11-21-2/h3-9H,10-11,18H2,1-2H3,(H,19,20). The summed E-state index contributed by atoms with van der Waals surface area (Å²) in [7, 11) is 1.66. The molecule has 0 aromatic heterocycles. The van der Waals surface area contributed by atoms with Gasteiger partial charge in [0.2, 0.25) is 0 Å². The molecular formula is C17H20N2O2. The fourth-order valence-corrected chi connectivity index (χ4v) is 2.12. The summed E-state index contributed by atoms with van der Waals surface area (Å²) in [4.78, 5) is 12.2. The second-order valence-electron chi connectivity index (χ2n) is 4.96. The van der Waals surface area contributed by atoms with Gasteiger partial charge < -0.3 is 15.8 Å². The summed E-state index contributed by atoms with van der Waals surface area (Å²) in [5, 5.41) is 2.93. The Balaban J connectivity index is 2.05. The Morgan fingerprint density at radius 2 is 1.90 bits per heavy atom. The van der Waals surface area contributed by atoms with Crippen LogP contribution in [0.1, 0.15) is 27.0 Å². The maximum atomic E-state index is 12.2. The van der Waals surface area contributed by atoms with Crippen molar-refractivity contribution in [3.8, 4) is 0 Å². The first-order valence-electron chi connectivity index (χ1n) is 6.82. The second kappa shape index (κ2) is 6.90. The molecule has 0 saturated heterocycles.